The van der Waals surface area contributed by atoms with E-state index >= 15 is 0 Å². The first-order valence-corrected chi connectivity index (χ1v) is 11.1. The fourth-order valence-electron chi connectivity index (χ4n) is 3.53. The average molecular weight is 382 g/mol. The molecule has 0 saturated heterocycles. The fourth-order valence-corrected chi connectivity index (χ4v) is 3.53. The molecule has 152 valence electrons. The zero-order valence-electron chi connectivity index (χ0n) is 17.3. The van der Waals surface area contributed by atoms with Crippen LogP contribution < -0.4 is 5.73 Å². The molecule has 0 spiro atoms. The third-order valence-corrected chi connectivity index (χ3v) is 5.47. The summed E-state index contributed by atoms with van der Waals surface area (Å²) in [6.07, 6.45) is 15.6. The SMILES string of the molecule is CCCCCCCCCCCc1cccc(-c2nc(/N=C(\N)C3CC3)n[nH]2)c1. The van der Waals surface area contributed by atoms with Crippen LogP contribution in [0.25, 0.3) is 11.4 Å². The molecule has 1 aromatic heterocycles. The van der Waals surface area contributed by atoms with E-state index in [1.807, 2.05) is 0 Å². The maximum atomic E-state index is 5.96. The van der Waals surface area contributed by atoms with Crippen molar-refractivity contribution in [3.05, 3.63) is 29.8 Å². The number of hydrogen-bond acceptors (Lipinski definition) is 3. The average Bonchev–Trinajstić information content (AvgIpc) is 3.46. The summed E-state index contributed by atoms with van der Waals surface area (Å²) in [5.74, 6) is 2.28. The van der Waals surface area contributed by atoms with Gasteiger partial charge in [-0.1, -0.05) is 76.5 Å². The van der Waals surface area contributed by atoms with Crippen LogP contribution in [0.5, 0.6) is 0 Å². The minimum atomic E-state index is 0.432. The molecule has 1 heterocycles. The summed E-state index contributed by atoms with van der Waals surface area (Å²) in [4.78, 5) is 8.82. The highest BCUT2D eigenvalue weighted by Gasteiger charge is 2.25. The Kier molecular flexibility index (Phi) is 8.07. The summed E-state index contributed by atoms with van der Waals surface area (Å²) in [7, 11) is 0. The first-order chi connectivity index (χ1) is 13.8. The number of rotatable bonds is 13. The molecule has 0 unspecified atom stereocenters. The van der Waals surface area contributed by atoms with Gasteiger partial charge in [-0.3, -0.25) is 5.10 Å². The van der Waals surface area contributed by atoms with Gasteiger partial charge in [0.05, 0.1) is 0 Å². The molecule has 1 fully saturated rings. The highest BCUT2D eigenvalue weighted by Crippen LogP contribution is 2.30. The fraction of sp³-hybridized carbons (Fsp3) is 0.609. The van der Waals surface area contributed by atoms with Crippen LogP contribution in [0.2, 0.25) is 0 Å². The van der Waals surface area contributed by atoms with Crippen LogP contribution in [0.4, 0.5) is 5.95 Å². The molecule has 28 heavy (non-hydrogen) atoms. The van der Waals surface area contributed by atoms with Crippen LogP contribution in [0, 0.1) is 5.92 Å². The van der Waals surface area contributed by atoms with E-state index in [0.29, 0.717) is 17.7 Å². The van der Waals surface area contributed by atoms with Crippen molar-refractivity contribution in [1.29, 1.82) is 0 Å². The van der Waals surface area contributed by atoms with Gasteiger partial charge in [-0.25, -0.2) is 0 Å². The van der Waals surface area contributed by atoms with Crippen molar-refractivity contribution in [2.24, 2.45) is 16.6 Å². The molecular weight excluding hydrogens is 346 g/mol. The number of nitrogens with zero attached hydrogens (tertiary/aromatic N) is 3. The summed E-state index contributed by atoms with van der Waals surface area (Å²) in [5, 5.41) is 7.19. The van der Waals surface area contributed by atoms with Crippen LogP contribution in [0.15, 0.2) is 29.3 Å². The van der Waals surface area contributed by atoms with Crippen molar-refractivity contribution in [2.45, 2.75) is 84.0 Å². The van der Waals surface area contributed by atoms with Gasteiger partial charge in [-0.05, 0) is 37.3 Å². The molecule has 3 rings (SSSR count). The largest absolute Gasteiger partial charge is 0.387 e. The lowest BCUT2D eigenvalue weighted by molar-refractivity contribution is 0.565. The molecule has 1 saturated carbocycles. The number of H-pyrrole nitrogens is 1. The summed E-state index contributed by atoms with van der Waals surface area (Å²) in [6, 6.07) is 8.58. The molecule has 0 atom stereocenters. The topological polar surface area (TPSA) is 79.9 Å². The summed E-state index contributed by atoms with van der Waals surface area (Å²) >= 11 is 0. The molecule has 5 nitrogen and oxygen atoms in total. The standard InChI is InChI=1S/C23H35N5/c1-2-3-4-5-6-7-8-9-10-12-18-13-11-14-20(17-18)22-26-23(28-27-22)25-21(24)19-15-16-19/h11,13-14,17,19H,2-10,12,15-16H2,1H3,(H3,24,25,26,27,28). The van der Waals surface area contributed by atoms with Crippen LogP contribution in [-0.4, -0.2) is 21.0 Å². The minimum absolute atomic E-state index is 0.432. The van der Waals surface area contributed by atoms with Crippen molar-refractivity contribution in [2.75, 3.05) is 0 Å². The van der Waals surface area contributed by atoms with E-state index in [-0.39, 0.29) is 0 Å². The lowest BCUT2D eigenvalue weighted by Crippen LogP contribution is -2.13. The molecule has 0 bridgehead atoms. The number of aromatic amines is 1. The Morgan fingerprint density at radius 2 is 1.79 bits per heavy atom. The Balaban J connectivity index is 1.42. The third kappa shape index (κ3) is 6.77. The second kappa shape index (κ2) is 11.0. The van der Waals surface area contributed by atoms with Crippen molar-refractivity contribution in [3.63, 3.8) is 0 Å². The monoisotopic (exact) mass is 381 g/mol. The number of nitrogens with two attached hydrogens (primary N) is 1. The Bertz CT molecular complexity index is 745. The zero-order chi connectivity index (χ0) is 19.6. The summed E-state index contributed by atoms with van der Waals surface area (Å²) < 4.78 is 0. The van der Waals surface area contributed by atoms with E-state index in [2.05, 4.69) is 51.4 Å². The number of benzene rings is 1. The number of amidine groups is 1. The van der Waals surface area contributed by atoms with Gasteiger partial charge < -0.3 is 5.73 Å². The quantitative estimate of drug-likeness (QED) is 0.256. The molecule has 0 amide bonds. The number of aromatic nitrogens is 3. The number of unbranched alkanes of at least 4 members (excludes halogenated alkanes) is 8. The predicted molar refractivity (Wildman–Crippen MR) is 117 cm³/mol. The van der Waals surface area contributed by atoms with Gasteiger partial charge in [-0.2, -0.15) is 9.98 Å². The zero-order valence-corrected chi connectivity index (χ0v) is 17.3. The van der Waals surface area contributed by atoms with Gasteiger partial charge in [0.25, 0.3) is 5.95 Å². The summed E-state index contributed by atoms with van der Waals surface area (Å²) in [6.45, 7) is 2.27. The van der Waals surface area contributed by atoms with Crippen LogP contribution in [0.3, 0.4) is 0 Å². The maximum Gasteiger partial charge on any atom is 0.270 e. The Hall–Kier alpha value is -2.17. The summed E-state index contributed by atoms with van der Waals surface area (Å²) in [5.41, 5.74) is 8.38. The van der Waals surface area contributed by atoms with E-state index in [4.69, 9.17) is 5.73 Å². The van der Waals surface area contributed by atoms with Gasteiger partial charge in [0.15, 0.2) is 5.82 Å². The van der Waals surface area contributed by atoms with Gasteiger partial charge in [0.2, 0.25) is 0 Å². The first-order valence-electron chi connectivity index (χ1n) is 11.1. The highest BCUT2D eigenvalue weighted by molar-refractivity contribution is 5.86. The third-order valence-electron chi connectivity index (χ3n) is 5.47. The molecule has 1 aliphatic carbocycles. The van der Waals surface area contributed by atoms with Crippen molar-refractivity contribution < 1.29 is 0 Å². The normalized spacial score (nSPS) is 14.5. The van der Waals surface area contributed by atoms with E-state index in [1.165, 1.54) is 63.4 Å². The van der Waals surface area contributed by atoms with Crippen molar-refractivity contribution in [3.8, 4) is 11.4 Å². The van der Waals surface area contributed by atoms with Gasteiger partial charge >= 0.3 is 0 Å². The molecule has 1 aromatic carbocycles. The van der Waals surface area contributed by atoms with Gasteiger partial charge in [0, 0.05) is 11.5 Å². The lowest BCUT2D eigenvalue weighted by Gasteiger charge is -2.04. The number of aliphatic imine (C=N–C) groups is 1. The van der Waals surface area contributed by atoms with E-state index in [9.17, 15) is 0 Å². The van der Waals surface area contributed by atoms with E-state index in [0.717, 1.165) is 30.7 Å². The highest BCUT2D eigenvalue weighted by atomic mass is 15.3. The Morgan fingerprint density at radius 1 is 1.07 bits per heavy atom. The Morgan fingerprint density at radius 3 is 2.50 bits per heavy atom. The van der Waals surface area contributed by atoms with Crippen molar-refractivity contribution in [1.82, 2.24) is 15.2 Å². The smallest absolute Gasteiger partial charge is 0.270 e. The molecule has 5 heteroatoms. The second-order valence-electron chi connectivity index (χ2n) is 8.07. The molecule has 0 aliphatic heterocycles. The molecule has 3 N–H and O–H groups in total. The second-order valence-corrected chi connectivity index (χ2v) is 8.07. The van der Waals surface area contributed by atoms with Gasteiger partial charge in [-0.15, -0.1) is 5.10 Å². The predicted octanol–water partition coefficient (Wildman–Crippen LogP) is 5.94. The number of aryl methyl sites for hydroxylation is 1. The molecule has 0 radical (unpaired) electrons. The molecule has 1 aliphatic rings. The lowest BCUT2D eigenvalue weighted by atomic mass is 10.0. The maximum absolute atomic E-state index is 5.96. The van der Waals surface area contributed by atoms with Crippen LogP contribution in [-0.2, 0) is 6.42 Å². The van der Waals surface area contributed by atoms with Gasteiger partial charge in [0.1, 0.15) is 5.84 Å². The minimum Gasteiger partial charge on any atom is -0.387 e. The van der Waals surface area contributed by atoms with E-state index < -0.39 is 0 Å². The first kappa shape index (κ1) is 20.6. The Labute approximate surface area is 169 Å². The van der Waals surface area contributed by atoms with Crippen LogP contribution >= 0.6 is 0 Å². The number of nitrogens with one attached hydrogen (secondary N) is 1. The van der Waals surface area contributed by atoms with Crippen molar-refractivity contribution >= 4 is 11.8 Å². The van der Waals surface area contributed by atoms with E-state index in [1.54, 1.807) is 0 Å². The van der Waals surface area contributed by atoms with Crippen LogP contribution in [0.1, 0.15) is 83.1 Å². The molecule has 2 aromatic rings. The molecular formula is C23H35N5. The number of hydrogen-bond donors (Lipinski definition) is 2.